The van der Waals surface area contributed by atoms with Gasteiger partial charge in [0.15, 0.2) is 5.76 Å². The Morgan fingerprint density at radius 3 is 2.48 bits per heavy atom. The normalized spacial score (nSPS) is 23.6. The predicted octanol–water partition coefficient (Wildman–Crippen LogP) is 3.23. The molecular weight excluding hydrogens is 398 g/mol. The highest BCUT2D eigenvalue weighted by Crippen LogP contribution is 2.40. The number of benzene rings is 1. The fraction of sp³-hybridized carbons (Fsp3) is 0.583. The van der Waals surface area contributed by atoms with Gasteiger partial charge < -0.3 is 24.2 Å². The standard InChI is InChI=1S/C24H33NO6/c1-3-30-24-19(8-7-15-26)20(17-9-11-18(12-10-17)23(28)29-2)16-21(31-24)22(27)25-13-5-4-6-14-25/h9-12,16,19-20,24,26H,3-8,13-15H2,1-2H3/t19-,20-,24-/m1/s1. The molecule has 0 unspecified atom stereocenters. The number of ether oxygens (including phenoxy) is 3. The Morgan fingerprint density at radius 2 is 1.87 bits per heavy atom. The van der Waals surface area contributed by atoms with Crippen LogP contribution in [0.3, 0.4) is 0 Å². The summed E-state index contributed by atoms with van der Waals surface area (Å²) in [6.07, 6.45) is 5.77. The zero-order chi connectivity index (χ0) is 22.2. The molecule has 3 atom stereocenters. The number of piperidine rings is 1. The van der Waals surface area contributed by atoms with E-state index < -0.39 is 6.29 Å². The van der Waals surface area contributed by atoms with Crippen molar-refractivity contribution in [3.63, 3.8) is 0 Å². The number of amides is 1. The third-order valence-electron chi connectivity index (χ3n) is 5.98. The monoisotopic (exact) mass is 431 g/mol. The lowest BCUT2D eigenvalue weighted by Crippen LogP contribution is -2.42. The molecule has 0 spiro atoms. The molecule has 3 rings (SSSR count). The maximum Gasteiger partial charge on any atom is 0.337 e. The number of esters is 1. The van der Waals surface area contributed by atoms with Crippen LogP contribution in [0.4, 0.5) is 0 Å². The Hall–Kier alpha value is -2.38. The highest BCUT2D eigenvalue weighted by atomic mass is 16.7. The Balaban J connectivity index is 1.93. The van der Waals surface area contributed by atoms with Crippen molar-refractivity contribution in [2.24, 2.45) is 5.92 Å². The molecule has 7 nitrogen and oxygen atoms in total. The van der Waals surface area contributed by atoms with Gasteiger partial charge in [0.2, 0.25) is 6.29 Å². The van der Waals surface area contributed by atoms with Crippen molar-refractivity contribution < 1.29 is 28.9 Å². The first-order chi connectivity index (χ1) is 15.1. The number of aliphatic hydroxyl groups is 1. The summed E-state index contributed by atoms with van der Waals surface area (Å²) < 4.78 is 16.8. The van der Waals surface area contributed by atoms with Crippen molar-refractivity contribution in [1.82, 2.24) is 4.90 Å². The maximum absolute atomic E-state index is 13.2. The highest BCUT2D eigenvalue weighted by molar-refractivity contribution is 5.92. The van der Waals surface area contributed by atoms with E-state index in [2.05, 4.69) is 0 Å². The smallest absolute Gasteiger partial charge is 0.337 e. The van der Waals surface area contributed by atoms with E-state index in [-0.39, 0.29) is 30.3 Å². The van der Waals surface area contributed by atoms with E-state index in [1.165, 1.54) is 7.11 Å². The average Bonchev–Trinajstić information content (AvgIpc) is 2.82. The molecule has 31 heavy (non-hydrogen) atoms. The minimum atomic E-state index is -0.574. The van der Waals surface area contributed by atoms with Crippen LogP contribution in [-0.4, -0.2) is 61.6 Å². The molecule has 0 radical (unpaired) electrons. The molecule has 2 aliphatic rings. The lowest BCUT2D eigenvalue weighted by Gasteiger charge is -2.38. The van der Waals surface area contributed by atoms with Crippen molar-refractivity contribution in [2.75, 3.05) is 33.4 Å². The molecule has 0 saturated carbocycles. The third kappa shape index (κ3) is 5.66. The number of methoxy groups -OCH3 is 1. The van der Waals surface area contributed by atoms with E-state index in [0.717, 1.165) is 37.9 Å². The van der Waals surface area contributed by atoms with Gasteiger partial charge in [-0.1, -0.05) is 12.1 Å². The number of allylic oxidation sites excluding steroid dienone is 1. The van der Waals surface area contributed by atoms with Gasteiger partial charge >= 0.3 is 5.97 Å². The molecule has 170 valence electrons. The van der Waals surface area contributed by atoms with Gasteiger partial charge in [0.1, 0.15) is 0 Å². The number of rotatable bonds is 8. The quantitative estimate of drug-likeness (QED) is 0.636. The minimum Gasteiger partial charge on any atom is -0.465 e. The molecule has 1 saturated heterocycles. The van der Waals surface area contributed by atoms with E-state index >= 15 is 0 Å². The zero-order valence-electron chi connectivity index (χ0n) is 18.4. The number of carbonyl (C=O) groups is 2. The van der Waals surface area contributed by atoms with Crippen molar-refractivity contribution >= 4 is 11.9 Å². The fourth-order valence-electron chi connectivity index (χ4n) is 4.35. The van der Waals surface area contributed by atoms with Crippen LogP contribution < -0.4 is 0 Å². The van der Waals surface area contributed by atoms with Crippen LogP contribution in [0.5, 0.6) is 0 Å². The molecule has 1 fully saturated rings. The Bertz CT molecular complexity index is 769. The lowest BCUT2D eigenvalue weighted by molar-refractivity contribution is -0.170. The SMILES string of the molecule is CCO[C@@H]1OC(C(=O)N2CCCCC2)=C[C@H](c2ccc(C(=O)OC)cc2)[C@H]1CCCO. The van der Waals surface area contributed by atoms with E-state index in [9.17, 15) is 14.7 Å². The van der Waals surface area contributed by atoms with Gasteiger partial charge in [0.25, 0.3) is 5.91 Å². The highest BCUT2D eigenvalue weighted by Gasteiger charge is 2.39. The van der Waals surface area contributed by atoms with Crippen molar-refractivity contribution in [3.8, 4) is 0 Å². The van der Waals surface area contributed by atoms with Gasteiger partial charge in [-0.2, -0.15) is 0 Å². The van der Waals surface area contributed by atoms with Gasteiger partial charge in [-0.15, -0.1) is 0 Å². The molecule has 0 aliphatic carbocycles. The summed E-state index contributed by atoms with van der Waals surface area (Å²) >= 11 is 0. The summed E-state index contributed by atoms with van der Waals surface area (Å²) in [5.74, 6) is -0.357. The Labute approximate surface area is 184 Å². The summed E-state index contributed by atoms with van der Waals surface area (Å²) in [7, 11) is 1.35. The third-order valence-corrected chi connectivity index (χ3v) is 5.98. The van der Waals surface area contributed by atoms with E-state index in [1.54, 1.807) is 12.1 Å². The molecule has 2 aliphatic heterocycles. The van der Waals surface area contributed by atoms with Crippen LogP contribution >= 0.6 is 0 Å². The second-order valence-electron chi connectivity index (χ2n) is 7.99. The number of hydrogen-bond acceptors (Lipinski definition) is 6. The van der Waals surface area contributed by atoms with Crippen LogP contribution in [0.1, 0.15) is 60.9 Å². The van der Waals surface area contributed by atoms with Crippen LogP contribution in [-0.2, 0) is 19.0 Å². The number of aliphatic hydroxyl groups excluding tert-OH is 1. The summed E-state index contributed by atoms with van der Waals surface area (Å²) in [6, 6.07) is 7.23. The molecule has 7 heteroatoms. The summed E-state index contributed by atoms with van der Waals surface area (Å²) in [5.41, 5.74) is 1.44. The van der Waals surface area contributed by atoms with Crippen LogP contribution in [0.15, 0.2) is 36.1 Å². The fourth-order valence-corrected chi connectivity index (χ4v) is 4.35. The van der Waals surface area contributed by atoms with Crippen molar-refractivity contribution in [2.45, 2.75) is 51.2 Å². The van der Waals surface area contributed by atoms with Gasteiger partial charge in [-0.3, -0.25) is 4.79 Å². The second-order valence-corrected chi connectivity index (χ2v) is 7.99. The first-order valence-electron chi connectivity index (χ1n) is 11.2. The Kier molecular flexibility index (Phi) is 8.49. The van der Waals surface area contributed by atoms with Gasteiger partial charge in [-0.25, -0.2) is 4.79 Å². The number of nitrogens with zero attached hydrogens (tertiary/aromatic N) is 1. The molecule has 0 bridgehead atoms. The van der Waals surface area contributed by atoms with Gasteiger partial charge in [-0.05, 0) is 62.8 Å². The second kappa shape index (κ2) is 11.3. The molecule has 1 amide bonds. The number of hydrogen-bond donors (Lipinski definition) is 1. The molecule has 1 aromatic carbocycles. The van der Waals surface area contributed by atoms with E-state index in [4.69, 9.17) is 14.2 Å². The summed E-state index contributed by atoms with van der Waals surface area (Å²) in [6.45, 7) is 3.92. The van der Waals surface area contributed by atoms with Crippen molar-refractivity contribution in [1.29, 1.82) is 0 Å². The number of likely N-dealkylation sites (tertiary alicyclic amines) is 1. The number of carbonyl (C=O) groups excluding carboxylic acids is 2. The molecule has 2 heterocycles. The maximum atomic E-state index is 13.2. The molecule has 1 aromatic rings. The van der Waals surface area contributed by atoms with Crippen LogP contribution in [0.2, 0.25) is 0 Å². The topological polar surface area (TPSA) is 85.3 Å². The lowest BCUT2D eigenvalue weighted by atomic mass is 9.80. The average molecular weight is 432 g/mol. The molecule has 1 N–H and O–H groups in total. The first-order valence-corrected chi connectivity index (χ1v) is 11.2. The predicted molar refractivity (Wildman–Crippen MR) is 115 cm³/mol. The van der Waals surface area contributed by atoms with E-state index in [0.29, 0.717) is 30.8 Å². The van der Waals surface area contributed by atoms with Crippen molar-refractivity contribution in [3.05, 3.63) is 47.2 Å². The minimum absolute atomic E-state index is 0.0611. The summed E-state index contributed by atoms with van der Waals surface area (Å²) in [4.78, 5) is 26.8. The molecule has 0 aromatic heterocycles. The van der Waals surface area contributed by atoms with Crippen LogP contribution in [0, 0.1) is 5.92 Å². The summed E-state index contributed by atoms with van der Waals surface area (Å²) in [5, 5.41) is 9.40. The molecular formula is C24H33NO6. The largest absolute Gasteiger partial charge is 0.465 e. The first kappa shape index (κ1) is 23.3. The Morgan fingerprint density at radius 1 is 1.16 bits per heavy atom. The van der Waals surface area contributed by atoms with Gasteiger partial charge in [0, 0.05) is 38.1 Å². The van der Waals surface area contributed by atoms with Gasteiger partial charge in [0.05, 0.1) is 12.7 Å². The zero-order valence-corrected chi connectivity index (χ0v) is 18.4. The van der Waals surface area contributed by atoms with Crippen LogP contribution in [0.25, 0.3) is 0 Å². The van der Waals surface area contributed by atoms with E-state index in [1.807, 2.05) is 30.0 Å².